The summed E-state index contributed by atoms with van der Waals surface area (Å²) < 4.78 is 6.23. The Morgan fingerprint density at radius 2 is 1.94 bits per heavy atom. The van der Waals surface area contributed by atoms with Crippen molar-refractivity contribution in [3.8, 4) is 5.75 Å². The number of carbonyl (C=O) groups is 1. The third kappa shape index (κ3) is 8.44. The van der Waals surface area contributed by atoms with Gasteiger partial charge in [0.25, 0.3) is 5.91 Å². The first-order valence-electron chi connectivity index (χ1n) is 4.22. The Hall–Kier alpha value is 0.716. The molecule has 1 aromatic carbocycles. The van der Waals surface area contributed by atoms with E-state index < -0.39 is 0 Å². The van der Waals surface area contributed by atoms with E-state index in [-0.39, 0.29) is 68.2 Å². The van der Waals surface area contributed by atoms with E-state index in [4.69, 9.17) is 4.74 Å². The number of rotatable bonds is 3. The number of hydrogen-bond donors (Lipinski definition) is 2. The van der Waals surface area contributed by atoms with E-state index in [1.165, 1.54) is 0 Å². The molecular weight excluding hydrogens is 351 g/mol. The fourth-order valence-electron chi connectivity index (χ4n) is 0.837. The summed E-state index contributed by atoms with van der Waals surface area (Å²) in [5.41, 5.74) is 4.65. The van der Waals surface area contributed by atoms with Crippen LogP contribution in [0.15, 0.2) is 28.7 Å². The maximum absolute atomic E-state index is 11.2. The van der Waals surface area contributed by atoms with Gasteiger partial charge in [0, 0.05) is 4.47 Å². The van der Waals surface area contributed by atoms with Gasteiger partial charge in [0.05, 0.1) is 0 Å². The number of halogens is 1. The Labute approximate surface area is 161 Å². The molecule has 0 radical (unpaired) electrons. The van der Waals surface area contributed by atoms with E-state index in [0.717, 1.165) is 4.47 Å². The second-order valence-corrected chi connectivity index (χ2v) is 4.69. The van der Waals surface area contributed by atoms with E-state index in [2.05, 4.69) is 51.6 Å². The minimum absolute atomic E-state index is 0. The Kier molecular flexibility index (Phi) is 10.0. The zero-order valence-corrected chi connectivity index (χ0v) is 15.4. The Morgan fingerprint density at radius 3 is 2.47 bits per heavy atom. The summed E-state index contributed by atoms with van der Waals surface area (Å²) in [5, 5.41) is 0. The molecule has 0 aliphatic heterocycles. The molecule has 0 saturated carbocycles. The van der Waals surface area contributed by atoms with Gasteiger partial charge in [-0.05, 0) is 28.6 Å². The van der Waals surface area contributed by atoms with Crippen molar-refractivity contribution < 1.29 is 60.9 Å². The number of hydrogen-bond acceptors (Lipinski definition) is 4. The number of amides is 1. The van der Waals surface area contributed by atoms with Crippen LogP contribution in [0.4, 0.5) is 0 Å². The molecule has 0 unspecified atom stereocenters. The van der Waals surface area contributed by atoms with Crippen molar-refractivity contribution in [3.63, 3.8) is 0 Å². The summed E-state index contributed by atoms with van der Waals surface area (Å²) in [6.45, 7) is -0.105. The summed E-state index contributed by atoms with van der Waals surface area (Å²) in [5.74, 6) is 0.259. The first-order valence-corrected chi connectivity index (χ1v) is 5.83. The van der Waals surface area contributed by atoms with Crippen molar-refractivity contribution in [2.45, 2.75) is 0 Å². The SMILES string of the molecule is O=C(COc1ccc(Br)cc1)NNC(=S)[S-].[K+]. The van der Waals surface area contributed by atoms with Gasteiger partial charge in [-0.15, -0.1) is 0 Å². The average molecular weight is 359 g/mol. The van der Waals surface area contributed by atoms with Crippen molar-refractivity contribution in [2.75, 3.05) is 6.61 Å². The van der Waals surface area contributed by atoms with E-state index in [1.807, 2.05) is 12.1 Å². The van der Waals surface area contributed by atoms with Crippen LogP contribution in [-0.4, -0.2) is 16.8 Å². The standard InChI is InChI=1S/C9H9BrN2O2S2.K/c10-6-1-3-7(4-2-6)14-5-8(13)11-12-9(15)16;/h1-4H,5H2,(H,11,13)(H2,12,15,16);/q;+1/p-1. The van der Waals surface area contributed by atoms with Crippen LogP contribution in [0.25, 0.3) is 0 Å². The molecule has 0 heterocycles. The molecule has 0 fully saturated rings. The van der Waals surface area contributed by atoms with Gasteiger partial charge in [-0.3, -0.25) is 10.2 Å². The summed E-state index contributed by atoms with van der Waals surface area (Å²) in [6.07, 6.45) is 0. The second kappa shape index (κ2) is 9.62. The molecule has 2 N–H and O–H groups in total. The summed E-state index contributed by atoms with van der Waals surface area (Å²) in [4.78, 5) is 11.2. The zero-order chi connectivity index (χ0) is 12.0. The van der Waals surface area contributed by atoms with Crippen LogP contribution in [0.2, 0.25) is 0 Å². The first kappa shape index (κ1) is 17.7. The maximum Gasteiger partial charge on any atom is 1.00 e. The second-order valence-electron chi connectivity index (χ2n) is 2.70. The third-order valence-corrected chi connectivity index (χ3v) is 2.22. The van der Waals surface area contributed by atoms with Crippen LogP contribution in [0.1, 0.15) is 0 Å². The van der Waals surface area contributed by atoms with Crippen molar-refractivity contribution in [1.82, 2.24) is 10.9 Å². The maximum atomic E-state index is 11.2. The number of hydrazine groups is 1. The van der Waals surface area contributed by atoms with Gasteiger partial charge < -0.3 is 35.0 Å². The smallest absolute Gasteiger partial charge is 0.484 e. The van der Waals surface area contributed by atoms with Gasteiger partial charge >= 0.3 is 51.4 Å². The van der Waals surface area contributed by atoms with Crippen LogP contribution in [0, 0.1) is 0 Å². The van der Waals surface area contributed by atoms with Gasteiger partial charge in [0.2, 0.25) is 0 Å². The van der Waals surface area contributed by atoms with E-state index in [1.54, 1.807) is 12.1 Å². The van der Waals surface area contributed by atoms with Crippen molar-refractivity contribution in [3.05, 3.63) is 28.7 Å². The minimum atomic E-state index is -0.352. The molecule has 86 valence electrons. The van der Waals surface area contributed by atoms with Gasteiger partial charge in [-0.25, -0.2) is 0 Å². The Bertz CT molecular complexity index is 389. The first-order chi connectivity index (χ1) is 7.58. The molecule has 0 bridgehead atoms. The summed E-state index contributed by atoms with van der Waals surface area (Å²) in [7, 11) is 0. The third-order valence-electron chi connectivity index (χ3n) is 1.49. The predicted octanol–water partition coefficient (Wildman–Crippen LogP) is -1.72. The fraction of sp³-hybridized carbons (Fsp3) is 0.111. The van der Waals surface area contributed by atoms with Crippen LogP contribution in [0.3, 0.4) is 0 Å². The molecule has 1 amide bonds. The van der Waals surface area contributed by atoms with Gasteiger partial charge in [0.1, 0.15) is 5.75 Å². The molecular formula is C9H8BrKN2O2S2. The monoisotopic (exact) mass is 358 g/mol. The largest absolute Gasteiger partial charge is 1.00 e. The number of thiocarbonyl (C=S) groups is 1. The quantitative estimate of drug-likeness (QED) is 0.291. The van der Waals surface area contributed by atoms with Crippen molar-refractivity contribution in [1.29, 1.82) is 0 Å². The van der Waals surface area contributed by atoms with Crippen LogP contribution in [-0.2, 0) is 17.4 Å². The number of nitrogens with one attached hydrogen (secondary N) is 2. The van der Waals surface area contributed by atoms with Gasteiger partial charge in [-0.2, -0.15) is 0 Å². The minimum Gasteiger partial charge on any atom is -0.484 e. The Balaban J connectivity index is 0.00000256. The van der Waals surface area contributed by atoms with E-state index in [0.29, 0.717) is 5.75 Å². The van der Waals surface area contributed by atoms with Crippen molar-refractivity contribution >= 4 is 51.0 Å². The number of carbonyl (C=O) groups excluding carboxylic acids is 1. The number of benzene rings is 1. The van der Waals surface area contributed by atoms with E-state index in [9.17, 15) is 4.79 Å². The van der Waals surface area contributed by atoms with Crippen LogP contribution in [0.5, 0.6) is 5.75 Å². The molecule has 0 saturated heterocycles. The fourth-order valence-corrected chi connectivity index (χ4v) is 1.20. The molecule has 1 aromatic rings. The normalized spacial score (nSPS) is 8.76. The molecule has 0 spiro atoms. The zero-order valence-electron chi connectivity index (χ0n) is 9.03. The topological polar surface area (TPSA) is 50.4 Å². The molecule has 0 aromatic heterocycles. The predicted molar refractivity (Wildman–Crippen MR) is 70.9 cm³/mol. The summed E-state index contributed by atoms with van der Waals surface area (Å²) >= 11 is 12.4. The van der Waals surface area contributed by atoms with E-state index >= 15 is 0 Å². The van der Waals surface area contributed by atoms with Crippen molar-refractivity contribution in [2.24, 2.45) is 0 Å². The molecule has 0 atom stereocenters. The number of ether oxygens (including phenoxy) is 1. The average Bonchev–Trinajstić information content (AvgIpc) is 2.25. The van der Waals surface area contributed by atoms with Gasteiger partial charge in [0.15, 0.2) is 6.61 Å². The van der Waals surface area contributed by atoms with Gasteiger partial charge in [-0.1, -0.05) is 15.9 Å². The molecule has 4 nitrogen and oxygen atoms in total. The molecule has 1 rings (SSSR count). The summed E-state index contributed by atoms with van der Waals surface area (Å²) in [6, 6.07) is 7.15. The molecule has 17 heavy (non-hydrogen) atoms. The molecule has 0 aliphatic carbocycles. The molecule has 8 heteroatoms. The van der Waals surface area contributed by atoms with Crippen LogP contribution >= 0.6 is 28.1 Å². The molecule has 0 aliphatic rings. The Morgan fingerprint density at radius 1 is 1.35 bits per heavy atom. The van der Waals surface area contributed by atoms with Crippen LogP contribution < -0.4 is 67.0 Å².